The molecule has 0 saturated heterocycles. The summed E-state index contributed by atoms with van der Waals surface area (Å²) in [5.74, 6) is 0. The van der Waals surface area contributed by atoms with E-state index in [-0.39, 0.29) is 33.8 Å². The first kappa shape index (κ1) is 46.9. The van der Waals surface area contributed by atoms with E-state index < -0.39 is 5.54 Å². The standard InChI is InChI=1S/C69H71BN4/c1-64(2,3)46-22-20-25-49(38-46)73-59-39-47(65(4,5)6)29-30-55(59)70-56-42-52-53(67(9,10)35-34-66(52,7)8)43-60(56)72(48-23-14-13-15-24-48)61-40-50(41-62(73)63(61)70)74-58-31-28-45(57-27-18-19-36-71-57)37-54(58)68(11)33-32-44-21-16-17-26-51(44)69(68,74)12/h13-31,36-43H,32-35H2,1-12H3. The smallest absolute Gasteiger partial charge is 0.252 e. The highest BCUT2D eigenvalue weighted by molar-refractivity contribution is 7.00. The molecule has 5 heteroatoms. The Kier molecular flexibility index (Phi) is 10.0. The van der Waals surface area contributed by atoms with E-state index in [2.05, 4.69) is 249 Å². The Morgan fingerprint density at radius 3 is 1.80 bits per heavy atom. The van der Waals surface area contributed by atoms with E-state index in [9.17, 15) is 0 Å². The van der Waals surface area contributed by atoms with Crippen LogP contribution in [0, 0.1) is 0 Å². The summed E-state index contributed by atoms with van der Waals surface area (Å²) < 4.78 is 0. The lowest BCUT2D eigenvalue weighted by Crippen LogP contribution is -2.62. The Morgan fingerprint density at radius 2 is 1.09 bits per heavy atom. The zero-order valence-corrected chi connectivity index (χ0v) is 45.8. The summed E-state index contributed by atoms with van der Waals surface area (Å²) in [6, 6.07) is 61.5. The molecule has 0 saturated carbocycles. The minimum atomic E-state index is -0.435. The van der Waals surface area contributed by atoms with Crippen molar-refractivity contribution in [3.63, 3.8) is 0 Å². The van der Waals surface area contributed by atoms with Crippen molar-refractivity contribution >= 4 is 68.6 Å². The number of pyridine rings is 1. The van der Waals surface area contributed by atoms with Gasteiger partial charge in [0.15, 0.2) is 0 Å². The monoisotopic (exact) mass is 967 g/mol. The average Bonchev–Trinajstić information content (AvgIpc) is 3.59. The van der Waals surface area contributed by atoms with Crippen LogP contribution in [0.1, 0.15) is 141 Å². The largest absolute Gasteiger partial charge is 0.330 e. The Labute approximate surface area is 441 Å². The van der Waals surface area contributed by atoms with Crippen LogP contribution in [0.25, 0.3) is 11.3 Å². The molecule has 3 aliphatic heterocycles. The molecule has 2 unspecified atom stereocenters. The number of aromatic nitrogens is 1. The second-order valence-corrected chi connectivity index (χ2v) is 26.2. The first-order valence-electron chi connectivity index (χ1n) is 27.4. The van der Waals surface area contributed by atoms with Crippen molar-refractivity contribution in [2.24, 2.45) is 0 Å². The molecule has 0 N–H and O–H groups in total. The van der Waals surface area contributed by atoms with Gasteiger partial charge >= 0.3 is 0 Å². The molecule has 8 aromatic rings. The fourth-order valence-corrected chi connectivity index (χ4v) is 14.3. The van der Waals surface area contributed by atoms with Crippen molar-refractivity contribution in [2.45, 2.75) is 141 Å². The summed E-state index contributed by atoms with van der Waals surface area (Å²) in [6.45, 7) is 29.1. The van der Waals surface area contributed by atoms with Crippen LogP contribution in [0.5, 0.6) is 0 Å². The van der Waals surface area contributed by atoms with Crippen molar-refractivity contribution in [2.75, 3.05) is 14.7 Å². The fraction of sp³-hybridized carbons (Fsp3) is 0.319. The normalized spacial score (nSPS) is 20.7. The van der Waals surface area contributed by atoms with Crippen molar-refractivity contribution < 1.29 is 0 Å². The summed E-state index contributed by atoms with van der Waals surface area (Å²) in [7, 11) is 0. The van der Waals surface area contributed by atoms with E-state index in [1.54, 1.807) is 0 Å². The molecule has 2 atom stereocenters. The SMILES string of the molecule is CC(C)(C)c1cccc(N2c3cc(C(C)(C)C)ccc3B3c4cc5c(cc4N(c4ccccc4)c4cc(N6c7ccc(-c8ccccn8)cc7C7(C)CCc8ccccc8C67C)cc2c43)C(C)(C)CCC5(C)C)c1. The quantitative estimate of drug-likeness (QED) is 0.164. The Bertz CT molecular complexity index is 3600. The van der Waals surface area contributed by atoms with Crippen LogP contribution in [0.2, 0.25) is 0 Å². The van der Waals surface area contributed by atoms with Gasteiger partial charge in [-0.2, -0.15) is 0 Å². The van der Waals surface area contributed by atoms with E-state index in [1.165, 1.54) is 101 Å². The minimum absolute atomic E-state index is 0.00993. The maximum absolute atomic E-state index is 4.89. The molecule has 74 heavy (non-hydrogen) atoms. The molecule has 0 radical (unpaired) electrons. The molecular weight excluding hydrogens is 896 g/mol. The Hall–Kier alpha value is -6.85. The molecule has 4 heterocycles. The van der Waals surface area contributed by atoms with Crippen molar-refractivity contribution in [1.29, 1.82) is 0 Å². The van der Waals surface area contributed by atoms with Gasteiger partial charge in [0.1, 0.15) is 0 Å². The van der Waals surface area contributed by atoms with Gasteiger partial charge in [0.05, 0.1) is 11.2 Å². The molecule has 5 aliphatic rings. The van der Waals surface area contributed by atoms with Crippen molar-refractivity contribution in [3.8, 4) is 11.3 Å². The number of fused-ring (bicyclic) bond motifs is 10. The zero-order chi connectivity index (χ0) is 51.5. The third-order valence-electron chi connectivity index (χ3n) is 18.9. The number of rotatable bonds is 4. The number of para-hydroxylation sites is 1. The molecule has 0 amide bonds. The van der Waals surface area contributed by atoms with Crippen LogP contribution in [0.4, 0.5) is 45.5 Å². The third-order valence-corrected chi connectivity index (χ3v) is 18.9. The molecule has 2 aliphatic carbocycles. The van der Waals surface area contributed by atoms with Gasteiger partial charge in [0, 0.05) is 62.7 Å². The maximum Gasteiger partial charge on any atom is 0.252 e. The van der Waals surface area contributed by atoms with E-state index in [1.807, 2.05) is 12.3 Å². The number of aryl methyl sites for hydroxylation is 1. The number of nitrogens with zero attached hydrogens (tertiary/aromatic N) is 4. The molecule has 370 valence electrons. The summed E-state index contributed by atoms with van der Waals surface area (Å²) in [6.07, 6.45) is 6.30. The second-order valence-electron chi connectivity index (χ2n) is 26.2. The maximum atomic E-state index is 4.89. The topological polar surface area (TPSA) is 22.6 Å². The number of benzene rings is 7. The van der Waals surface area contributed by atoms with Crippen LogP contribution in [0.3, 0.4) is 0 Å². The van der Waals surface area contributed by atoms with Crippen LogP contribution < -0.4 is 31.1 Å². The summed E-state index contributed by atoms with van der Waals surface area (Å²) >= 11 is 0. The van der Waals surface area contributed by atoms with E-state index in [0.29, 0.717) is 0 Å². The van der Waals surface area contributed by atoms with Gasteiger partial charge in [-0.05, 0) is 182 Å². The predicted octanol–water partition coefficient (Wildman–Crippen LogP) is 16.0. The molecule has 0 bridgehead atoms. The summed E-state index contributed by atoms with van der Waals surface area (Å²) in [5, 5.41) is 0. The van der Waals surface area contributed by atoms with Crippen LogP contribution in [-0.2, 0) is 39.0 Å². The van der Waals surface area contributed by atoms with Gasteiger partial charge < -0.3 is 14.7 Å². The zero-order valence-electron chi connectivity index (χ0n) is 45.8. The lowest BCUT2D eigenvalue weighted by atomic mass is 9.33. The lowest BCUT2D eigenvalue weighted by Gasteiger charge is -2.52. The molecule has 13 rings (SSSR count). The molecule has 4 nitrogen and oxygen atoms in total. The number of anilines is 8. The lowest BCUT2D eigenvalue weighted by molar-refractivity contribution is 0.245. The van der Waals surface area contributed by atoms with Crippen molar-refractivity contribution in [1.82, 2.24) is 4.98 Å². The molecule has 1 aromatic heterocycles. The summed E-state index contributed by atoms with van der Waals surface area (Å²) in [5.41, 5.74) is 25.3. The molecule has 0 spiro atoms. The first-order chi connectivity index (χ1) is 35.2. The minimum Gasteiger partial charge on any atom is -0.330 e. The van der Waals surface area contributed by atoms with Crippen molar-refractivity contribution in [3.05, 3.63) is 203 Å². The van der Waals surface area contributed by atoms with Crippen LogP contribution >= 0.6 is 0 Å². The number of hydrogen-bond acceptors (Lipinski definition) is 4. The molecule has 7 aromatic carbocycles. The first-order valence-corrected chi connectivity index (χ1v) is 27.4. The Balaban J connectivity index is 1.18. The van der Waals surface area contributed by atoms with E-state index in [4.69, 9.17) is 4.98 Å². The van der Waals surface area contributed by atoms with Gasteiger partial charge in [0.2, 0.25) is 0 Å². The highest BCUT2D eigenvalue weighted by Crippen LogP contribution is 2.65. The van der Waals surface area contributed by atoms with Crippen LogP contribution in [0.15, 0.2) is 164 Å². The molecule has 0 fully saturated rings. The van der Waals surface area contributed by atoms with Crippen LogP contribution in [-0.4, -0.2) is 11.7 Å². The molecular formula is C69H71BN4. The highest BCUT2D eigenvalue weighted by atomic mass is 15.3. The summed E-state index contributed by atoms with van der Waals surface area (Å²) in [4.78, 5) is 13.0. The predicted molar refractivity (Wildman–Crippen MR) is 314 cm³/mol. The van der Waals surface area contributed by atoms with E-state index in [0.717, 1.165) is 36.9 Å². The van der Waals surface area contributed by atoms with E-state index >= 15 is 0 Å². The van der Waals surface area contributed by atoms with Gasteiger partial charge in [0.25, 0.3) is 6.71 Å². The number of hydrogen-bond donors (Lipinski definition) is 0. The van der Waals surface area contributed by atoms with Gasteiger partial charge in [-0.15, -0.1) is 0 Å². The van der Waals surface area contributed by atoms with Gasteiger partial charge in [-0.3, -0.25) is 4.98 Å². The fourth-order valence-electron chi connectivity index (χ4n) is 14.3. The van der Waals surface area contributed by atoms with Gasteiger partial charge in [-0.25, -0.2) is 0 Å². The van der Waals surface area contributed by atoms with Gasteiger partial charge in [-0.1, -0.05) is 161 Å². The third kappa shape index (κ3) is 6.69. The average molecular weight is 967 g/mol. The highest BCUT2D eigenvalue weighted by Gasteiger charge is 2.60. The second kappa shape index (κ2) is 15.8. The Morgan fingerprint density at radius 1 is 0.459 bits per heavy atom.